The Morgan fingerprint density at radius 3 is 2.90 bits per heavy atom. The third-order valence-electron chi connectivity index (χ3n) is 3.14. The number of aromatic nitrogens is 1. The number of rotatable bonds is 4. The van der Waals surface area contributed by atoms with E-state index in [2.05, 4.69) is 15.5 Å². The van der Waals surface area contributed by atoms with Crippen LogP contribution in [0.5, 0.6) is 5.75 Å². The highest BCUT2D eigenvalue weighted by atomic mass is 16.5. The van der Waals surface area contributed by atoms with Crippen LogP contribution in [-0.4, -0.2) is 18.3 Å². The maximum Gasteiger partial charge on any atom is 0.119 e. The summed E-state index contributed by atoms with van der Waals surface area (Å²) in [5.41, 5.74) is 5.91. The molecule has 0 bridgehead atoms. The average Bonchev–Trinajstić information content (AvgIpc) is 2.55. The van der Waals surface area contributed by atoms with Crippen LogP contribution in [0.2, 0.25) is 0 Å². The molecule has 0 amide bonds. The lowest BCUT2D eigenvalue weighted by Crippen LogP contribution is -1.92. The molecule has 0 fully saturated rings. The minimum atomic E-state index is 0.813. The van der Waals surface area contributed by atoms with Gasteiger partial charge in [-0.2, -0.15) is 5.10 Å². The summed E-state index contributed by atoms with van der Waals surface area (Å²) in [6.45, 7) is 0. The number of anilines is 1. The summed E-state index contributed by atoms with van der Waals surface area (Å²) in [7, 11) is 1.65. The van der Waals surface area contributed by atoms with Crippen molar-refractivity contribution in [1.82, 2.24) is 4.98 Å². The molecule has 1 aromatic heterocycles. The first kappa shape index (κ1) is 13.1. The van der Waals surface area contributed by atoms with E-state index in [4.69, 9.17) is 4.74 Å². The van der Waals surface area contributed by atoms with Gasteiger partial charge < -0.3 is 4.74 Å². The van der Waals surface area contributed by atoms with Crippen molar-refractivity contribution < 1.29 is 4.74 Å². The first-order chi connectivity index (χ1) is 10.4. The predicted molar refractivity (Wildman–Crippen MR) is 86.0 cm³/mol. The quantitative estimate of drug-likeness (QED) is 0.584. The minimum Gasteiger partial charge on any atom is -0.497 e. The van der Waals surface area contributed by atoms with E-state index < -0.39 is 0 Å². The van der Waals surface area contributed by atoms with Crippen LogP contribution in [0.15, 0.2) is 65.9 Å². The van der Waals surface area contributed by atoms with Crippen LogP contribution in [0.1, 0.15) is 5.56 Å². The molecule has 0 aliphatic heterocycles. The molecule has 0 unspecified atom stereocenters. The van der Waals surface area contributed by atoms with Crippen molar-refractivity contribution >= 4 is 22.8 Å². The summed E-state index contributed by atoms with van der Waals surface area (Å²) in [5, 5.41) is 5.32. The second kappa shape index (κ2) is 6.05. The highest BCUT2D eigenvalue weighted by Crippen LogP contribution is 2.21. The van der Waals surface area contributed by atoms with Crippen LogP contribution in [-0.2, 0) is 0 Å². The molecule has 3 aromatic rings. The predicted octanol–water partition coefficient (Wildman–Crippen LogP) is 3.69. The van der Waals surface area contributed by atoms with E-state index in [-0.39, 0.29) is 0 Å². The zero-order valence-electron chi connectivity index (χ0n) is 11.7. The summed E-state index contributed by atoms with van der Waals surface area (Å²) in [5.74, 6) is 0.813. The summed E-state index contributed by atoms with van der Waals surface area (Å²) in [6, 6.07) is 17.6. The lowest BCUT2D eigenvalue weighted by Gasteiger charge is -2.04. The molecule has 1 N–H and O–H groups in total. The molecule has 0 spiro atoms. The Kier molecular flexibility index (Phi) is 3.78. The number of ether oxygens (including phenoxy) is 1. The van der Waals surface area contributed by atoms with Crippen molar-refractivity contribution in [3.63, 3.8) is 0 Å². The Morgan fingerprint density at radius 2 is 2.00 bits per heavy atom. The van der Waals surface area contributed by atoms with Gasteiger partial charge in [0.25, 0.3) is 0 Å². The summed E-state index contributed by atoms with van der Waals surface area (Å²) in [6.07, 6.45) is 3.54. The summed E-state index contributed by atoms with van der Waals surface area (Å²) < 4.78 is 5.19. The molecule has 0 aliphatic rings. The Labute approximate surface area is 123 Å². The van der Waals surface area contributed by atoms with E-state index in [9.17, 15) is 0 Å². The fourth-order valence-corrected chi connectivity index (χ4v) is 2.10. The van der Waals surface area contributed by atoms with Crippen LogP contribution < -0.4 is 10.2 Å². The average molecular weight is 277 g/mol. The highest BCUT2D eigenvalue weighted by Gasteiger charge is 1.99. The number of fused-ring (bicyclic) bond motifs is 1. The molecule has 4 nitrogen and oxygen atoms in total. The van der Waals surface area contributed by atoms with Gasteiger partial charge >= 0.3 is 0 Å². The van der Waals surface area contributed by atoms with E-state index in [0.717, 1.165) is 27.9 Å². The van der Waals surface area contributed by atoms with Crippen molar-refractivity contribution in [3.8, 4) is 5.75 Å². The fraction of sp³-hybridized carbons (Fsp3) is 0.0588. The largest absolute Gasteiger partial charge is 0.497 e. The van der Waals surface area contributed by atoms with Gasteiger partial charge in [-0.1, -0.05) is 18.2 Å². The number of nitrogens with zero attached hydrogens (tertiary/aromatic N) is 2. The molecule has 21 heavy (non-hydrogen) atoms. The van der Waals surface area contributed by atoms with Gasteiger partial charge in [-0.05, 0) is 42.0 Å². The summed E-state index contributed by atoms with van der Waals surface area (Å²) in [4.78, 5) is 4.32. The Bertz CT molecular complexity index is 778. The first-order valence-electron chi connectivity index (χ1n) is 6.64. The van der Waals surface area contributed by atoms with Gasteiger partial charge in [-0.25, -0.2) is 0 Å². The van der Waals surface area contributed by atoms with Crippen LogP contribution in [0, 0.1) is 0 Å². The smallest absolute Gasteiger partial charge is 0.119 e. The highest BCUT2D eigenvalue weighted by molar-refractivity contribution is 5.91. The van der Waals surface area contributed by atoms with Crippen LogP contribution in [0.25, 0.3) is 10.9 Å². The molecule has 1 heterocycles. The van der Waals surface area contributed by atoms with Gasteiger partial charge in [0, 0.05) is 11.6 Å². The van der Waals surface area contributed by atoms with E-state index in [1.165, 1.54) is 0 Å². The maximum atomic E-state index is 5.19. The van der Waals surface area contributed by atoms with Gasteiger partial charge in [-0.15, -0.1) is 0 Å². The summed E-state index contributed by atoms with van der Waals surface area (Å²) >= 11 is 0. The van der Waals surface area contributed by atoms with Crippen molar-refractivity contribution in [2.24, 2.45) is 5.10 Å². The number of hydrazone groups is 1. The number of benzene rings is 2. The molecular formula is C17H15N3O. The Hall–Kier alpha value is -2.88. The van der Waals surface area contributed by atoms with Crippen molar-refractivity contribution in [3.05, 3.63) is 66.4 Å². The Balaban J connectivity index is 1.81. The van der Waals surface area contributed by atoms with Gasteiger partial charge in [0.15, 0.2) is 0 Å². The number of hydrogen-bond donors (Lipinski definition) is 1. The normalized spacial score (nSPS) is 10.9. The number of hydrogen-bond acceptors (Lipinski definition) is 4. The zero-order chi connectivity index (χ0) is 14.5. The van der Waals surface area contributed by atoms with E-state index >= 15 is 0 Å². The van der Waals surface area contributed by atoms with Gasteiger partial charge in [0.05, 0.1) is 24.5 Å². The molecular weight excluding hydrogens is 262 g/mol. The number of pyridine rings is 1. The second-order valence-electron chi connectivity index (χ2n) is 4.52. The van der Waals surface area contributed by atoms with Gasteiger partial charge in [0.2, 0.25) is 0 Å². The van der Waals surface area contributed by atoms with Gasteiger partial charge in [-0.3, -0.25) is 10.4 Å². The standard InChI is InChI=1S/C17H15N3O/c1-21-14-6-2-5-13(11-14)12-19-20-17-9-3-8-16-15(17)7-4-10-18-16/h2-12,20H,1H3/b19-12+. The molecule has 104 valence electrons. The monoisotopic (exact) mass is 277 g/mol. The van der Waals surface area contributed by atoms with Crippen LogP contribution in [0.3, 0.4) is 0 Å². The molecule has 0 aliphatic carbocycles. The topological polar surface area (TPSA) is 46.5 Å². The maximum absolute atomic E-state index is 5.19. The van der Waals surface area contributed by atoms with E-state index in [1.807, 2.05) is 54.6 Å². The third-order valence-corrected chi connectivity index (χ3v) is 3.14. The second-order valence-corrected chi connectivity index (χ2v) is 4.52. The van der Waals surface area contributed by atoms with Crippen molar-refractivity contribution in [2.45, 2.75) is 0 Å². The van der Waals surface area contributed by atoms with E-state index in [0.29, 0.717) is 0 Å². The Morgan fingerprint density at radius 1 is 1.10 bits per heavy atom. The molecule has 0 saturated heterocycles. The molecule has 4 heteroatoms. The molecule has 0 saturated carbocycles. The third kappa shape index (κ3) is 3.00. The molecule has 3 rings (SSSR count). The molecule has 0 atom stereocenters. The number of nitrogens with one attached hydrogen (secondary N) is 1. The molecule has 0 radical (unpaired) electrons. The SMILES string of the molecule is COc1cccc(/C=N/Nc2cccc3ncccc23)c1. The lowest BCUT2D eigenvalue weighted by molar-refractivity contribution is 0.415. The minimum absolute atomic E-state index is 0.813. The van der Waals surface area contributed by atoms with Crippen molar-refractivity contribution in [2.75, 3.05) is 12.5 Å². The fourth-order valence-electron chi connectivity index (χ4n) is 2.10. The number of methoxy groups -OCH3 is 1. The van der Waals surface area contributed by atoms with E-state index in [1.54, 1.807) is 19.5 Å². The van der Waals surface area contributed by atoms with Gasteiger partial charge in [0.1, 0.15) is 5.75 Å². The van der Waals surface area contributed by atoms with Crippen LogP contribution in [0.4, 0.5) is 5.69 Å². The lowest BCUT2D eigenvalue weighted by atomic mass is 10.2. The van der Waals surface area contributed by atoms with Crippen molar-refractivity contribution in [1.29, 1.82) is 0 Å². The van der Waals surface area contributed by atoms with Crippen LogP contribution >= 0.6 is 0 Å². The molecule has 2 aromatic carbocycles. The zero-order valence-corrected chi connectivity index (χ0v) is 11.7. The first-order valence-corrected chi connectivity index (χ1v) is 6.64.